The van der Waals surface area contributed by atoms with Gasteiger partial charge in [0, 0.05) is 5.56 Å². The highest BCUT2D eigenvalue weighted by molar-refractivity contribution is 5.89. The number of carbonyl (C=O) groups is 1. The molecule has 1 aliphatic heterocycles. The summed E-state index contributed by atoms with van der Waals surface area (Å²) < 4.78 is 16.9. The van der Waals surface area contributed by atoms with E-state index in [1.54, 1.807) is 12.1 Å². The van der Waals surface area contributed by atoms with Crippen LogP contribution in [0.1, 0.15) is 47.4 Å². The van der Waals surface area contributed by atoms with Gasteiger partial charge in [-0.3, -0.25) is 0 Å². The first kappa shape index (κ1) is 18.2. The summed E-state index contributed by atoms with van der Waals surface area (Å²) in [5, 5.41) is 0. The number of carbonyl (C=O) groups excluding carboxylic acids is 1. The second-order valence-electron chi connectivity index (χ2n) is 6.61. The van der Waals surface area contributed by atoms with Crippen LogP contribution in [0.2, 0.25) is 0 Å². The van der Waals surface area contributed by atoms with Crippen molar-refractivity contribution in [2.24, 2.45) is 0 Å². The van der Waals surface area contributed by atoms with Gasteiger partial charge in [0.05, 0.1) is 24.9 Å². The van der Waals surface area contributed by atoms with Crippen LogP contribution in [0.4, 0.5) is 0 Å². The van der Waals surface area contributed by atoms with Gasteiger partial charge in [0.1, 0.15) is 12.4 Å². The average molecular weight is 352 g/mol. The molecule has 0 amide bonds. The summed E-state index contributed by atoms with van der Waals surface area (Å²) in [5.41, 5.74) is 3.77. The number of benzene rings is 2. The van der Waals surface area contributed by atoms with Crippen LogP contribution >= 0.6 is 0 Å². The monoisotopic (exact) mass is 352 g/mol. The van der Waals surface area contributed by atoms with Crippen molar-refractivity contribution >= 4 is 5.97 Å². The molecular weight excluding hydrogens is 328 g/mol. The smallest absolute Gasteiger partial charge is 0.337 e. The minimum Gasteiger partial charge on any atom is -0.489 e. The highest BCUT2D eigenvalue weighted by Gasteiger charge is 2.25. The van der Waals surface area contributed by atoms with E-state index in [-0.39, 0.29) is 18.2 Å². The third-order valence-electron chi connectivity index (χ3n) is 4.48. The molecular formula is C22H24O4. The van der Waals surface area contributed by atoms with E-state index in [9.17, 15) is 4.79 Å². The second-order valence-corrected chi connectivity index (χ2v) is 6.61. The Morgan fingerprint density at radius 3 is 2.58 bits per heavy atom. The molecule has 1 saturated heterocycles. The molecule has 0 N–H and O–H groups in total. The number of methoxy groups -OCH3 is 1. The van der Waals surface area contributed by atoms with Crippen LogP contribution < -0.4 is 4.74 Å². The highest BCUT2D eigenvalue weighted by Crippen LogP contribution is 2.37. The first-order valence-corrected chi connectivity index (χ1v) is 8.78. The zero-order chi connectivity index (χ0) is 18.5. The van der Waals surface area contributed by atoms with Gasteiger partial charge in [0.2, 0.25) is 0 Å². The van der Waals surface area contributed by atoms with Gasteiger partial charge in [-0.1, -0.05) is 42.5 Å². The predicted octanol–water partition coefficient (Wildman–Crippen LogP) is 4.85. The zero-order valence-corrected chi connectivity index (χ0v) is 15.2. The molecule has 0 aliphatic carbocycles. The number of rotatable bonds is 5. The Hall–Kier alpha value is -2.59. The molecule has 1 heterocycles. The molecule has 4 nitrogen and oxygen atoms in total. The molecule has 1 aliphatic rings. The van der Waals surface area contributed by atoms with Crippen molar-refractivity contribution in [2.45, 2.75) is 38.6 Å². The Morgan fingerprint density at radius 2 is 1.88 bits per heavy atom. The maximum absolute atomic E-state index is 11.5. The SMILES string of the molecule is C=C1C[C@H](C)O[C@@H](c2ccccc2OCc2ccc(C(=O)OC)cc2)C1. The summed E-state index contributed by atoms with van der Waals surface area (Å²) in [5.74, 6) is 0.475. The van der Waals surface area contributed by atoms with Gasteiger partial charge in [-0.05, 0) is 43.5 Å². The van der Waals surface area contributed by atoms with Crippen molar-refractivity contribution in [1.29, 1.82) is 0 Å². The summed E-state index contributed by atoms with van der Waals surface area (Å²) in [4.78, 5) is 11.5. The number of para-hydroxylation sites is 1. The molecule has 2 aromatic rings. The normalized spacial score (nSPS) is 19.8. The average Bonchev–Trinajstić information content (AvgIpc) is 2.65. The van der Waals surface area contributed by atoms with E-state index in [1.807, 2.05) is 36.4 Å². The fourth-order valence-electron chi connectivity index (χ4n) is 3.21. The molecule has 136 valence electrons. The van der Waals surface area contributed by atoms with Crippen molar-refractivity contribution < 1.29 is 19.0 Å². The number of esters is 1. The van der Waals surface area contributed by atoms with Gasteiger partial charge < -0.3 is 14.2 Å². The van der Waals surface area contributed by atoms with E-state index in [0.29, 0.717) is 12.2 Å². The van der Waals surface area contributed by atoms with Crippen LogP contribution in [0.5, 0.6) is 5.75 Å². The second kappa shape index (κ2) is 8.19. The van der Waals surface area contributed by atoms with Crippen LogP contribution in [0, 0.1) is 0 Å². The van der Waals surface area contributed by atoms with Gasteiger partial charge in [-0.15, -0.1) is 0 Å². The van der Waals surface area contributed by atoms with E-state index < -0.39 is 0 Å². The van der Waals surface area contributed by atoms with Crippen molar-refractivity contribution in [3.63, 3.8) is 0 Å². The lowest BCUT2D eigenvalue weighted by Gasteiger charge is -2.30. The lowest BCUT2D eigenvalue weighted by molar-refractivity contribution is -0.0237. The molecule has 0 saturated carbocycles. The van der Waals surface area contributed by atoms with Gasteiger partial charge in [-0.25, -0.2) is 4.79 Å². The van der Waals surface area contributed by atoms with Crippen LogP contribution in [0.3, 0.4) is 0 Å². The van der Waals surface area contributed by atoms with E-state index in [4.69, 9.17) is 14.2 Å². The van der Waals surface area contributed by atoms with Gasteiger partial charge in [0.15, 0.2) is 0 Å². The molecule has 1 fully saturated rings. The lowest BCUT2D eigenvalue weighted by Crippen LogP contribution is -2.21. The third kappa shape index (κ3) is 4.33. The molecule has 26 heavy (non-hydrogen) atoms. The van der Waals surface area contributed by atoms with E-state index in [2.05, 4.69) is 13.5 Å². The fraction of sp³-hybridized carbons (Fsp3) is 0.318. The Balaban J connectivity index is 1.70. The summed E-state index contributed by atoms with van der Waals surface area (Å²) >= 11 is 0. The van der Waals surface area contributed by atoms with Crippen LogP contribution in [0.15, 0.2) is 60.7 Å². The lowest BCUT2D eigenvalue weighted by atomic mass is 9.95. The molecule has 0 unspecified atom stereocenters. The zero-order valence-electron chi connectivity index (χ0n) is 15.2. The summed E-state index contributed by atoms with van der Waals surface area (Å²) in [6.07, 6.45) is 1.87. The Morgan fingerprint density at radius 1 is 1.15 bits per heavy atom. The molecule has 4 heteroatoms. The van der Waals surface area contributed by atoms with Gasteiger partial charge in [-0.2, -0.15) is 0 Å². The quantitative estimate of drug-likeness (QED) is 0.570. The number of ether oxygens (including phenoxy) is 3. The van der Waals surface area contributed by atoms with Gasteiger partial charge in [0.25, 0.3) is 0 Å². The molecule has 0 spiro atoms. The molecule has 2 aromatic carbocycles. The van der Waals surface area contributed by atoms with Crippen LogP contribution in [0.25, 0.3) is 0 Å². The molecule has 0 bridgehead atoms. The van der Waals surface area contributed by atoms with Gasteiger partial charge >= 0.3 is 5.97 Å². The first-order valence-electron chi connectivity index (χ1n) is 8.78. The van der Waals surface area contributed by atoms with E-state index >= 15 is 0 Å². The molecule has 0 radical (unpaired) electrons. The largest absolute Gasteiger partial charge is 0.489 e. The van der Waals surface area contributed by atoms with E-state index in [0.717, 1.165) is 29.7 Å². The minimum absolute atomic E-state index is 0.0239. The Labute approximate surface area is 154 Å². The number of hydrogen-bond donors (Lipinski definition) is 0. The Kier molecular flexibility index (Phi) is 5.74. The van der Waals surface area contributed by atoms with Crippen molar-refractivity contribution in [3.05, 3.63) is 77.4 Å². The molecule has 3 rings (SSSR count). The predicted molar refractivity (Wildman–Crippen MR) is 100 cm³/mol. The number of hydrogen-bond acceptors (Lipinski definition) is 4. The first-order chi connectivity index (χ1) is 12.6. The summed E-state index contributed by atoms with van der Waals surface area (Å²) in [7, 11) is 1.37. The maximum atomic E-state index is 11.5. The van der Waals surface area contributed by atoms with Crippen molar-refractivity contribution in [2.75, 3.05) is 7.11 Å². The van der Waals surface area contributed by atoms with Crippen molar-refractivity contribution in [3.8, 4) is 5.75 Å². The van der Waals surface area contributed by atoms with Crippen LogP contribution in [-0.2, 0) is 16.1 Å². The minimum atomic E-state index is -0.341. The molecule has 0 aromatic heterocycles. The maximum Gasteiger partial charge on any atom is 0.337 e. The fourth-order valence-corrected chi connectivity index (χ4v) is 3.21. The standard InChI is InChI=1S/C22H24O4/c1-15-12-16(2)26-21(13-15)19-6-4-5-7-20(19)25-14-17-8-10-18(11-9-17)22(23)24-3/h4-11,16,21H,1,12-14H2,2-3H3/t16-,21+/m0/s1. The van der Waals surface area contributed by atoms with E-state index in [1.165, 1.54) is 12.7 Å². The summed E-state index contributed by atoms with van der Waals surface area (Å²) in [6.45, 7) is 6.63. The third-order valence-corrected chi connectivity index (χ3v) is 4.48. The van der Waals surface area contributed by atoms with Crippen LogP contribution in [-0.4, -0.2) is 19.2 Å². The topological polar surface area (TPSA) is 44.8 Å². The highest BCUT2D eigenvalue weighted by atomic mass is 16.5. The molecule has 2 atom stereocenters. The summed E-state index contributed by atoms with van der Waals surface area (Å²) in [6, 6.07) is 15.2. The Bertz CT molecular complexity index is 779. The van der Waals surface area contributed by atoms with Crippen molar-refractivity contribution in [1.82, 2.24) is 0 Å².